The highest BCUT2D eigenvalue weighted by Crippen LogP contribution is 2.38. The van der Waals surface area contributed by atoms with Crippen molar-refractivity contribution < 1.29 is 9.84 Å². The lowest BCUT2D eigenvalue weighted by molar-refractivity contribution is 0.160. The largest absolute Gasteiger partial charge is 0.396 e. The predicted molar refractivity (Wildman–Crippen MR) is 112 cm³/mol. The van der Waals surface area contributed by atoms with Crippen molar-refractivity contribution in [1.82, 2.24) is 9.55 Å². The number of benzene rings is 1. The molecule has 3 aromatic rings. The van der Waals surface area contributed by atoms with Crippen molar-refractivity contribution in [1.29, 1.82) is 0 Å². The van der Waals surface area contributed by atoms with Crippen molar-refractivity contribution in [3.05, 3.63) is 47.8 Å². The van der Waals surface area contributed by atoms with Crippen LogP contribution in [0.2, 0.25) is 0 Å². The highest BCUT2D eigenvalue weighted by Gasteiger charge is 2.26. The van der Waals surface area contributed by atoms with Gasteiger partial charge in [0.1, 0.15) is 7.85 Å². The normalized spacial score (nSPS) is 12.0. The van der Waals surface area contributed by atoms with Crippen molar-refractivity contribution in [3.8, 4) is 11.3 Å². The molecule has 0 unspecified atom stereocenters. The first-order valence-corrected chi connectivity index (χ1v) is 9.36. The van der Waals surface area contributed by atoms with Gasteiger partial charge in [-0.15, -0.1) is 0 Å². The summed E-state index contributed by atoms with van der Waals surface area (Å²) in [5, 5.41) is 11.0. The van der Waals surface area contributed by atoms with Gasteiger partial charge < -0.3 is 14.4 Å². The van der Waals surface area contributed by atoms with Crippen LogP contribution in [-0.4, -0.2) is 36.2 Å². The molecule has 0 saturated heterocycles. The fourth-order valence-electron chi connectivity index (χ4n) is 3.70. The van der Waals surface area contributed by atoms with Gasteiger partial charge in [-0.25, -0.2) is 0 Å². The SMILES string of the molecule is [B]c1ccc2c(c1)c(CC(C)(C)CO)c(-c1cccnc1COC)n2CC. The Bertz CT molecular complexity index is 947. The summed E-state index contributed by atoms with van der Waals surface area (Å²) >= 11 is 0. The van der Waals surface area contributed by atoms with Crippen molar-refractivity contribution in [2.45, 2.75) is 40.3 Å². The number of ether oxygens (including phenoxy) is 1. The molecule has 2 aromatic heterocycles. The molecule has 5 heteroatoms. The third-order valence-electron chi connectivity index (χ3n) is 5.02. The highest BCUT2D eigenvalue weighted by molar-refractivity contribution is 6.33. The zero-order chi connectivity index (χ0) is 19.6. The molecule has 27 heavy (non-hydrogen) atoms. The number of fused-ring (bicyclic) bond motifs is 1. The van der Waals surface area contributed by atoms with E-state index < -0.39 is 0 Å². The fraction of sp³-hybridized carbons (Fsp3) is 0.409. The van der Waals surface area contributed by atoms with Gasteiger partial charge in [0, 0.05) is 42.9 Å². The second-order valence-corrected chi connectivity index (χ2v) is 7.78. The van der Waals surface area contributed by atoms with Crippen molar-refractivity contribution in [3.63, 3.8) is 0 Å². The summed E-state index contributed by atoms with van der Waals surface area (Å²) in [5.41, 5.74) is 5.97. The second kappa shape index (κ2) is 7.87. The molecule has 0 atom stereocenters. The number of aliphatic hydroxyl groups excluding tert-OH is 1. The molecular weight excluding hydrogens is 335 g/mol. The molecule has 0 fully saturated rings. The zero-order valence-electron chi connectivity index (χ0n) is 16.6. The van der Waals surface area contributed by atoms with Gasteiger partial charge in [0.15, 0.2) is 0 Å². The average molecular weight is 362 g/mol. The Hall–Kier alpha value is -2.11. The summed E-state index contributed by atoms with van der Waals surface area (Å²) in [6, 6.07) is 10.1. The summed E-state index contributed by atoms with van der Waals surface area (Å²) in [5.74, 6) is 0. The molecule has 4 nitrogen and oxygen atoms in total. The van der Waals surface area contributed by atoms with Crippen LogP contribution in [-0.2, 0) is 24.3 Å². The summed E-state index contributed by atoms with van der Waals surface area (Å²) in [4.78, 5) is 4.55. The Morgan fingerprint density at radius 1 is 1.26 bits per heavy atom. The monoisotopic (exact) mass is 362 g/mol. The number of aromatic nitrogens is 2. The number of aryl methyl sites for hydroxylation is 1. The maximum atomic E-state index is 9.88. The van der Waals surface area contributed by atoms with Crippen molar-refractivity contribution in [2.75, 3.05) is 13.7 Å². The molecule has 0 aliphatic rings. The molecule has 0 saturated carbocycles. The summed E-state index contributed by atoms with van der Waals surface area (Å²) in [7, 11) is 7.80. The molecule has 1 N–H and O–H groups in total. The number of nitrogens with zero attached hydrogens (tertiary/aromatic N) is 2. The standard InChI is InChI=1S/C22H27BN2O2/c1-5-25-20-9-8-15(23)11-17(20)18(12-22(2,3)14-26)21(25)16-7-6-10-24-19(16)13-27-4/h6-11,26H,5,12-14H2,1-4H3. The molecule has 0 amide bonds. The minimum atomic E-state index is -0.240. The fourth-order valence-corrected chi connectivity index (χ4v) is 3.70. The van der Waals surface area contributed by atoms with Gasteiger partial charge in [0.2, 0.25) is 0 Å². The number of rotatable bonds is 7. The Morgan fingerprint density at radius 2 is 2.04 bits per heavy atom. The van der Waals surface area contributed by atoms with Gasteiger partial charge in [-0.2, -0.15) is 0 Å². The van der Waals surface area contributed by atoms with Crippen LogP contribution in [0.15, 0.2) is 36.5 Å². The maximum absolute atomic E-state index is 9.88. The Labute approximate surface area is 162 Å². The summed E-state index contributed by atoms with van der Waals surface area (Å²) in [6.07, 6.45) is 2.54. The Kier molecular flexibility index (Phi) is 5.73. The van der Waals surface area contributed by atoms with Gasteiger partial charge in [-0.3, -0.25) is 4.98 Å². The van der Waals surface area contributed by atoms with Gasteiger partial charge >= 0.3 is 0 Å². The topological polar surface area (TPSA) is 47.3 Å². The van der Waals surface area contributed by atoms with E-state index in [0.29, 0.717) is 6.61 Å². The van der Waals surface area contributed by atoms with E-state index in [4.69, 9.17) is 12.6 Å². The highest BCUT2D eigenvalue weighted by atomic mass is 16.5. The van der Waals surface area contributed by atoms with Gasteiger partial charge in [-0.05, 0) is 42.5 Å². The van der Waals surface area contributed by atoms with E-state index in [1.54, 1.807) is 13.3 Å². The van der Waals surface area contributed by atoms with E-state index in [1.165, 1.54) is 5.56 Å². The zero-order valence-corrected chi connectivity index (χ0v) is 16.6. The number of aliphatic hydroxyl groups is 1. The van der Waals surface area contributed by atoms with Crippen LogP contribution in [0.1, 0.15) is 32.0 Å². The van der Waals surface area contributed by atoms with Crippen LogP contribution in [0.3, 0.4) is 0 Å². The number of hydrogen-bond acceptors (Lipinski definition) is 3. The lowest BCUT2D eigenvalue weighted by atomic mass is 9.84. The van der Waals surface area contributed by atoms with Crippen LogP contribution in [0.25, 0.3) is 22.2 Å². The molecule has 0 aliphatic heterocycles. The minimum absolute atomic E-state index is 0.117. The van der Waals surface area contributed by atoms with Crippen molar-refractivity contribution >= 4 is 24.2 Å². The van der Waals surface area contributed by atoms with Crippen LogP contribution < -0.4 is 5.46 Å². The van der Waals surface area contributed by atoms with Gasteiger partial charge in [0.25, 0.3) is 0 Å². The number of methoxy groups -OCH3 is 1. The van der Waals surface area contributed by atoms with E-state index >= 15 is 0 Å². The molecule has 0 bridgehead atoms. The lowest BCUT2D eigenvalue weighted by Gasteiger charge is -2.23. The maximum Gasteiger partial charge on any atom is 0.113 e. The third kappa shape index (κ3) is 3.80. The molecule has 0 spiro atoms. The average Bonchev–Trinajstić information content (AvgIpc) is 2.94. The quantitative estimate of drug-likeness (QED) is 0.657. The number of hydrogen-bond donors (Lipinski definition) is 1. The first-order valence-electron chi connectivity index (χ1n) is 9.36. The lowest BCUT2D eigenvalue weighted by Crippen LogP contribution is -2.20. The van der Waals surface area contributed by atoms with Gasteiger partial charge in [0.05, 0.1) is 18.0 Å². The molecule has 140 valence electrons. The number of pyridine rings is 1. The van der Waals surface area contributed by atoms with E-state index in [9.17, 15) is 5.11 Å². The van der Waals surface area contributed by atoms with E-state index in [0.717, 1.165) is 46.3 Å². The van der Waals surface area contributed by atoms with E-state index in [2.05, 4.69) is 42.5 Å². The molecule has 1 aromatic carbocycles. The molecule has 2 heterocycles. The van der Waals surface area contributed by atoms with E-state index in [1.807, 2.05) is 18.2 Å². The first-order chi connectivity index (χ1) is 12.9. The third-order valence-corrected chi connectivity index (χ3v) is 5.02. The Balaban J connectivity index is 2.37. The first kappa shape index (κ1) is 19.7. The molecule has 0 aliphatic carbocycles. The summed E-state index contributed by atoms with van der Waals surface area (Å²) < 4.78 is 7.70. The minimum Gasteiger partial charge on any atom is -0.396 e. The smallest absolute Gasteiger partial charge is 0.113 e. The predicted octanol–water partition coefficient (Wildman–Crippen LogP) is 3.22. The molecule has 3 rings (SSSR count). The Morgan fingerprint density at radius 3 is 2.70 bits per heavy atom. The van der Waals surface area contributed by atoms with Gasteiger partial charge in [-0.1, -0.05) is 31.4 Å². The summed E-state index contributed by atoms with van der Waals surface area (Å²) in [6.45, 7) is 7.70. The van der Waals surface area contributed by atoms with Crippen LogP contribution in [0.5, 0.6) is 0 Å². The molecule has 2 radical (unpaired) electrons. The molecular formula is C22H27BN2O2. The van der Waals surface area contributed by atoms with E-state index in [-0.39, 0.29) is 12.0 Å². The van der Waals surface area contributed by atoms with Crippen LogP contribution in [0.4, 0.5) is 0 Å². The van der Waals surface area contributed by atoms with Crippen molar-refractivity contribution in [2.24, 2.45) is 5.41 Å². The second-order valence-electron chi connectivity index (χ2n) is 7.78. The van der Waals surface area contributed by atoms with Crippen LogP contribution in [0, 0.1) is 5.41 Å². The van der Waals surface area contributed by atoms with Crippen LogP contribution >= 0.6 is 0 Å².